The van der Waals surface area contributed by atoms with E-state index in [1.807, 2.05) is 107 Å². The molecule has 7 heteroatoms. The summed E-state index contributed by atoms with van der Waals surface area (Å²) in [6.45, 7) is 17.0. The van der Waals surface area contributed by atoms with E-state index in [0.29, 0.717) is 17.7 Å². The molecule has 0 fully saturated rings. The van der Waals surface area contributed by atoms with E-state index < -0.39 is 35.2 Å². The normalized spacial score (nSPS) is 12.9. The van der Waals surface area contributed by atoms with Crippen LogP contribution in [0, 0.1) is 6.92 Å². The van der Waals surface area contributed by atoms with Gasteiger partial charge in [0.1, 0.15) is 17.7 Å². The van der Waals surface area contributed by atoms with Crippen LogP contribution < -0.4 is 10.6 Å². The number of anilines is 1. The number of ether oxygens (including phenoxy) is 1. The molecule has 43 heavy (non-hydrogen) atoms. The fraction of sp³-hybridized carbons (Fsp3) is 0.361. The third-order valence-corrected chi connectivity index (χ3v) is 7.40. The smallest absolute Gasteiger partial charge is 0.408 e. The van der Waals surface area contributed by atoms with Crippen molar-refractivity contribution in [2.24, 2.45) is 0 Å². The third kappa shape index (κ3) is 9.05. The Morgan fingerprint density at radius 2 is 1.58 bits per heavy atom. The molecule has 2 unspecified atom stereocenters. The number of alkyl carbamates (subject to hydrolysis) is 1. The van der Waals surface area contributed by atoms with Crippen LogP contribution in [-0.2, 0) is 20.7 Å². The lowest BCUT2D eigenvalue weighted by Gasteiger charge is -2.44. The van der Waals surface area contributed by atoms with Gasteiger partial charge in [0.15, 0.2) is 0 Å². The molecule has 0 bridgehead atoms. The van der Waals surface area contributed by atoms with E-state index in [1.54, 1.807) is 31.7 Å². The van der Waals surface area contributed by atoms with Crippen LogP contribution >= 0.6 is 0 Å². The quantitative estimate of drug-likeness (QED) is 0.245. The summed E-state index contributed by atoms with van der Waals surface area (Å²) in [7, 11) is 0. The summed E-state index contributed by atoms with van der Waals surface area (Å²) < 4.78 is 5.55. The molecule has 0 aliphatic rings. The molecule has 3 aromatic rings. The molecule has 0 saturated carbocycles. The molecule has 0 heterocycles. The van der Waals surface area contributed by atoms with Crippen molar-refractivity contribution in [3.8, 4) is 0 Å². The summed E-state index contributed by atoms with van der Waals surface area (Å²) in [5.41, 5.74) is 2.34. The number of hydrogen-bond acceptors (Lipinski definition) is 4. The standard InChI is InChI=1S/C36H45N3O4/c1-9-26-20-16-21-28(23-26)31(32(40)37-29-22-15-14-17-25(29)3)39(36(7,8)10-2)33(41)30(24-27-18-12-11-13-19-27)38-34(42)43-35(4,5)6/h9,11-23,30-31H,1,10,24H2,2-8H3,(H,37,40)(H,38,42). The van der Waals surface area contributed by atoms with Gasteiger partial charge in [0.05, 0.1) is 0 Å². The van der Waals surface area contributed by atoms with Crippen LogP contribution in [0.5, 0.6) is 0 Å². The van der Waals surface area contributed by atoms with Crippen LogP contribution in [0.25, 0.3) is 6.08 Å². The molecule has 0 spiro atoms. The Morgan fingerprint density at radius 3 is 2.19 bits per heavy atom. The Balaban J connectivity index is 2.17. The number of carbonyl (C=O) groups excluding carboxylic acids is 3. The molecular weight excluding hydrogens is 538 g/mol. The van der Waals surface area contributed by atoms with Gasteiger partial charge in [0, 0.05) is 17.6 Å². The number of rotatable bonds is 11. The van der Waals surface area contributed by atoms with Crippen molar-refractivity contribution in [1.29, 1.82) is 0 Å². The van der Waals surface area contributed by atoms with Gasteiger partial charge in [-0.1, -0.05) is 86.3 Å². The Kier molecular flexibility index (Phi) is 10.9. The summed E-state index contributed by atoms with van der Waals surface area (Å²) in [5.74, 6) is -0.753. The van der Waals surface area contributed by atoms with Gasteiger partial charge in [-0.15, -0.1) is 0 Å². The van der Waals surface area contributed by atoms with E-state index in [4.69, 9.17) is 4.74 Å². The highest BCUT2D eigenvalue weighted by molar-refractivity contribution is 5.99. The zero-order valence-corrected chi connectivity index (χ0v) is 26.4. The first kappa shape index (κ1) is 33.1. The van der Waals surface area contributed by atoms with E-state index >= 15 is 0 Å². The lowest BCUT2D eigenvalue weighted by molar-refractivity contribution is -0.147. The van der Waals surface area contributed by atoms with Gasteiger partial charge in [-0.05, 0) is 82.3 Å². The lowest BCUT2D eigenvalue weighted by Crippen LogP contribution is -2.59. The summed E-state index contributed by atoms with van der Waals surface area (Å²) >= 11 is 0. The van der Waals surface area contributed by atoms with Crippen molar-refractivity contribution in [2.45, 2.75) is 84.5 Å². The maximum Gasteiger partial charge on any atom is 0.408 e. The Morgan fingerprint density at radius 1 is 0.930 bits per heavy atom. The number of para-hydroxylation sites is 1. The number of nitrogens with zero attached hydrogens (tertiary/aromatic N) is 1. The van der Waals surface area contributed by atoms with Gasteiger partial charge in [0.2, 0.25) is 5.91 Å². The maximum atomic E-state index is 14.8. The van der Waals surface area contributed by atoms with Gasteiger partial charge >= 0.3 is 6.09 Å². The predicted molar refractivity (Wildman–Crippen MR) is 174 cm³/mol. The number of amides is 3. The molecule has 7 nitrogen and oxygen atoms in total. The molecule has 0 aliphatic heterocycles. The van der Waals surface area contributed by atoms with Crippen LogP contribution in [0.3, 0.4) is 0 Å². The van der Waals surface area contributed by atoms with Crippen molar-refractivity contribution < 1.29 is 19.1 Å². The van der Waals surface area contributed by atoms with E-state index in [-0.39, 0.29) is 12.3 Å². The van der Waals surface area contributed by atoms with E-state index in [1.165, 1.54) is 0 Å². The van der Waals surface area contributed by atoms with Gasteiger partial charge in [-0.25, -0.2) is 4.79 Å². The largest absolute Gasteiger partial charge is 0.444 e. The monoisotopic (exact) mass is 583 g/mol. The molecular formula is C36H45N3O4. The molecule has 0 radical (unpaired) electrons. The van der Waals surface area contributed by atoms with Gasteiger partial charge in [-0.3, -0.25) is 9.59 Å². The zero-order chi connectivity index (χ0) is 31.8. The first-order chi connectivity index (χ1) is 20.3. The fourth-order valence-electron chi connectivity index (χ4n) is 4.80. The topological polar surface area (TPSA) is 87.7 Å². The number of carbonyl (C=O) groups is 3. The summed E-state index contributed by atoms with van der Waals surface area (Å²) in [4.78, 5) is 43.8. The Bertz CT molecular complexity index is 1430. The van der Waals surface area contributed by atoms with E-state index in [2.05, 4.69) is 17.2 Å². The second-order valence-corrected chi connectivity index (χ2v) is 12.3. The molecule has 3 rings (SSSR count). The predicted octanol–water partition coefficient (Wildman–Crippen LogP) is 7.47. The molecule has 3 aromatic carbocycles. The first-order valence-electron chi connectivity index (χ1n) is 14.7. The van der Waals surface area contributed by atoms with E-state index in [0.717, 1.165) is 16.7 Å². The van der Waals surface area contributed by atoms with E-state index in [9.17, 15) is 14.4 Å². The van der Waals surface area contributed by atoms with Gasteiger partial charge < -0.3 is 20.3 Å². The van der Waals surface area contributed by atoms with Crippen LogP contribution in [0.15, 0.2) is 85.4 Å². The number of nitrogens with one attached hydrogen (secondary N) is 2. The van der Waals surface area contributed by atoms with Gasteiger partial charge in [0.25, 0.3) is 5.91 Å². The second kappa shape index (κ2) is 14.2. The van der Waals surface area contributed by atoms with Crippen molar-refractivity contribution in [2.75, 3.05) is 5.32 Å². The minimum Gasteiger partial charge on any atom is -0.444 e. The highest BCUT2D eigenvalue weighted by Gasteiger charge is 2.43. The van der Waals surface area contributed by atoms with Crippen LogP contribution in [0.1, 0.15) is 76.3 Å². The van der Waals surface area contributed by atoms with Crippen molar-refractivity contribution in [3.05, 3.63) is 108 Å². The number of aryl methyl sites for hydroxylation is 1. The lowest BCUT2D eigenvalue weighted by atomic mass is 9.90. The fourth-order valence-corrected chi connectivity index (χ4v) is 4.80. The highest BCUT2D eigenvalue weighted by atomic mass is 16.6. The molecule has 0 saturated heterocycles. The van der Waals surface area contributed by atoms with Crippen LogP contribution in [-0.4, -0.2) is 40.0 Å². The molecule has 2 N–H and O–H groups in total. The molecule has 228 valence electrons. The minimum absolute atomic E-state index is 0.216. The van der Waals surface area contributed by atoms with Gasteiger partial charge in [-0.2, -0.15) is 0 Å². The molecule has 3 amide bonds. The van der Waals surface area contributed by atoms with Crippen molar-refractivity contribution >= 4 is 29.7 Å². The van der Waals surface area contributed by atoms with Crippen LogP contribution in [0.2, 0.25) is 0 Å². The average molecular weight is 584 g/mol. The third-order valence-electron chi connectivity index (χ3n) is 7.40. The molecule has 2 atom stereocenters. The first-order valence-corrected chi connectivity index (χ1v) is 14.7. The average Bonchev–Trinajstić information content (AvgIpc) is 2.95. The molecule has 0 aliphatic carbocycles. The number of benzene rings is 3. The SMILES string of the molecule is C=Cc1cccc(C(C(=O)Nc2ccccc2C)N(C(=O)C(Cc2ccccc2)NC(=O)OC(C)(C)C)C(C)(C)CC)c1. The summed E-state index contributed by atoms with van der Waals surface area (Å²) in [6, 6.07) is 22.4. The van der Waals surface area contributed by atoms with Crippen molar-refractivity contribution in [3.63, 3.8) is 0 Å². The highest BCUT2D eigenvalue weighted by Crippen LogP contribution is 2.34. The minimum atomic E-state index is -1.01. The van der Waals surface area contributed by atoms with Crippen molar-refractivity contribution in [1.82, 2.24) is 10.2 Å². The number of hydrogen-bond donors (Lipinski definition) is 2. The Hall–Kier alpha value is -4.39. The summed E-state index contributed by atoms with van der Waals surface area (Å²) in [5, 5.41) is 5.89. The zero-order valence-electron chi connectivity index (χ0n) is 26.4. The summed E-state index contributed by atoms with van der Waals surface area (Å²) in [6.07, 6.45) is 1.77. The van der Waals surface area contributed by atoms with Crippen LogP contribution in [0.4, 0.5) is 10.5 Å². The maximum absolute atomic E-state index is 14.8. The second-order valence-electron chi connectivity index (χ2n) is 12.3. The Labute approximate surface area is 256 Å². The molecule has 0 aromatic heterocycles.